The number of imidazole rings is 1. The summed E-state index contributed by atoms with van der Waals surface area (Å²) in [7, 11) is 0. The van der Waals surface area contributed by atoms with Crippen molar-refractivity contribution in [2.45, 2.75) is 59.3 Å². The molecule has 9 aromatic rings. The van der Waals surface area contributed by atoms with Gasteiger partial charge in [0, 0.05) is 11.8 Å². The van der Waals surface area contributed by atoms with Crippen LogP contribution in [0.3, 0.4) is 0 Å². The van der Waals surface area contributed by atoms with Gasteiger partial charge >= 0.3 is 261 Å². The number of benzene rings is 5. The minimum atomic E-state index is 0.310. The third kappa shape index (κ3) is 6.20. The third-order valence-corrected chi connectivity index (χ3v) is 13.0. The normalized spacial score (nSPS) is 12.9. The van der Waals surface area contributed by atoms with Crippen LogP contribution in [0.2, 0.25) is 0 Å². The molecule has 2 aliphatic heterocycles. The van der Waals surface area contributed by atoms with Crippen molar-refractivity contribution < 1.29 is 24.1 Å². The van der Waals surface area contributed by atoms with Gasteiger partial charge in [-0.05, 0) is 17.0 Å². The molecule has 4 aromatic heterocycles. The minimum absolute atomic E-state index is 0.310. The van der Waals surface area contributed by atoms with Gasteiger partial charge in [0.1, 0.15) is 0 Å². The monoisotopic (exact) mass is 921 g/mol. The van der Waals surface area contributed by atoms with E-state index in [0.717, 1.165) is 68.4 Å². The molecule has 57 heavy (non-hydrogen) atoms. The van der Waals surface area contributed by atoms with Gasteiger partial charge in [-0.3, -0.25) is 0 Å². The fraction of sp³-hybridized carbons (Fsp3) is 0.176. The Bertz CT molecular complexity index is 3080. The van der Waals surface area contributed by atoms with Crippen molar-refractivity contribution in [3.63, 3.8) is 0 Å². The molecule has 0 saturated heterocycles. The second-order valence-corrected chi connectivity index (χ2v) is 16.6. The summed E-state index contributed by atoms with van der Waals surface area (Å²) in [5.74, 6) is 2.43. The van der Waals surface area contributed by atoms with Crippen LogP contribution in [-0.4, -0.2) is 18.5 Å². The first-order valence-electron chi connectivity index (χ1n) is 19.8. The summed E-state index contributed by atoms with van der Waals surface area (Å²) in [6, 6.07) is 48.2. The fourth-order valence-electron chi connectivity index (χ4n) is 8.70. The number of aromatic nitrogens is 4. The van der Waals surface area contributed by atoms with Crippen LogP contribution in [-0.2, 0) is 45.0 Å². The topological polar surface area (TPSA) is 36.4 Å². The number of para-hydroxylation sites is 1. The van der Waals surface area contributed by atoms with Gasteiger partial charge in [0.15, 0.2) is 0 Å². The molecule has 284 valence electrons. The van der Waals surface area contributed by atoms with Gasteiger partial charge < -0.3 is 0 Å². The van der Waals surface area contributed by atoms with E-state index in [1.165, 1.54) is 50.2 Å². The predicted molar refractivity (Wildman–Crippen MR) is 227 cm³/mol. The van der Waals surface area contributed by atoms with Crippen LogP contribution in [0, 0.1) is 29.8 Å². The van der Waals surface area contributed by atoms with E-state index in [1.54, 1.807) is 0 Å². The quantitative estimate of drug-likeness (QED) is 0.156. The first-order chi connectivity index (χ1) is 27.8. The van der Waals surface area contributed by atoms with Gasteiger partial charge in [0.25, 0.3) is 0 Å². The molecule has 5 aromatic carbocycles. The van der Waals surface area contributed by atoms with Crippen LogP contribution in [0.25, 0.3) is 50.0 Å². The molecular formula is C51H42N4OPt-2. The summed E-state index contributed by atoms with van der Waals surface area (Å²) in [5, 5.41) is 2.25. The van der Waals surface area contributed by atoms with Crippen LogP contribution < -0.4 is 4.74 Å². The molecule has 0 saturated carbocycles. The Morgan fingerprint density at radius 2 is 1.40 bits per heavy atom. The van der Waals surface area contributed by atoms with Gasteiger partial charge in [-0.2, -0.15) is 0 Å². The number of ether oxygens (including phenoxy) is 1. The molecule has 0 spiro atoms. The zero-order valence-corrected chi connectivity index (χ0v) is 34.8. The van der Waals surface area contributed by atoms with Gasteiger partial charge in [-0.25, -0.2) is 0 Å². The Hall–Kier alpha value is -5.77. The maximum atomic E-state index is 6.62. The molecule has 2 aliphatic carbocycles. The summed E-state index contributed by atoms with van der Waals surface area (Å²) in [4.78, 5) is 5.07. The summed E-state index contributed by atoms with van der Waals surface area (Å²) in [5.41, 5.74) is 16.2. The SMILES string of the molecule is Cc1c2ccc(c1C)CCc1ccc(c3cn(-c4[c-]c(Oc5[c-]c6c(cc5)c5ccccc5n6-c5cc(C(C)C)c(-c6ccccc6)cn5)ccc4)[c](=[Pt])n13)CC2. The number of hydrogen-bond donors (Lipinski definition) is 0. The zero-order chi connectivity index (χ0) is 38.8. The molecule has 0 fully saturated rings. The van der Waals surface area contributed by atoms with Crippen molar-refractivity contribution in [2.75, 3.05) is 0 Å². The number of fused-ring (bicyclic) bond motifs is 3. The Kier molecular flexibility index (Phi) is 8.95. The molecular weight excluding hydrogens is 880 g/mol. The van der Waals surface area contributed by atoms with E-state index < -0.39 is 0 Å². The second kappa shape index (κ2) is 14.3. The van der Waals surface area contributed by atoms with Crippen molar-refractivity contribution in [1.29, 1.82) is 0 Å². The number of nitrogens with zero attached hydrogens (tertiary/aromatic N) is 4. The van der Waals surface area contributed by atoms with E-state index in [-0.39, 0.29) is 0 Å². The third-order valence-electron chi connectivity index (χ3n) is 11.9. The van der Waals surface area contributed by atoms with E-state index >= 15 is 0 Å². The Labute approximate surface area is 344 Å². The zero-order valence-electron chi connectivity index (χ0n) is 32.5. The molecule has 0 atom stereocenters. The van der Waals surface area contributed by atoms with Crippen molar-refractivity contribution in [3.05, 3.63) is 183 Å². The Morgan fingerprint density at radius 3 is 2.21 bits per heavy atom. The van der Waals surface area contributed by atoms with E-state index in [0.29, 0.717) is 17.4 Å². The standard InChI is InChI=1S/C51H42N4O.Pt/c1-33(2)46-29-51(52-30-47(46)38-11-6-5-7-12-38)55-48-16-9-8-15-44(48)45-26-25-43(28-49(45)55)56-42-14-10-13-41(27-42)53-31-50-39-20-19-36-17-18-37(35(4)34(36)3)21-23-40(24-22-39)54(50)32-53;/h5-18,22,24-26,29-31,33H,19-21,23H2,1-4H3;/q-2;. The first kappa shape index (κ1) is 35.6. The van der Waals surface area contributed by atoms with Gasteiger partial charge in [-0.1, -0.05) is 56.3 Å². The fourth-order valence-corrected chi connectivity index (χ4v) is 9.72. The molecule has 5 nitrogen and oxygen atoms in total. The van der Waals surface area contributed by atoms with Crippen molar-refractivity contribution in [1.82, 2.24) is 18.5 Å². The molecule has 13 rings (SSSR count). The number of rotatable bonds is 6. The summed E-state index contributed by atoms with van der Waals surface area (Å²) in [6.45, 7) is 9.06. The van der Waals surface area contributed by atoms with E-state index in [1.807, 2.05) is 24.4 Å². The average Bonchev–Trinajstić information content (AvgIpc) is 3.75. The van der Waals surface area contributed by atoms with Crippen LogP contribution in [0.15, 0.2) is 128 Å². The van der Waals surface area contributed by atoms with Gasteiger partial charge in [0.2, 0.25) is 0 Å². The molecule has 0 radical (unpaired) electrons. The average molecular weight is 922 g/mol. The molecule has 0 amide bonds. The first-order valence-corrected chi connectivity index (χ1v) is 21.0. The summed E-state index contributed by atoms with van der Waals surface area (Å²) >= 11 is 2.48. The maximum absolute atomic E-state index is 6.62. The molecule has 0 N–H and O–H groups in total. The summed E-state index contributed by atoms with van der Waals surface area (Å²) in [6.07, 6.45) is 8.28. The van der Waals surface area contributed by atoms with Gasteiger partial charge in [0.05, 0.1) is 0 Å². The van der Waals surface area contributed by atoms with Crippen LogP contribution >= 0.6 is 0 Å². The molecule has 4 bridgehead atoms. The Morgan fingerprint density at radius 1 is 0.684 bits per heavy atom. The molecule has 6 heterocycles. The predicted octanol–water partition coefficient (Wildman–Crippen LogP) is 12.0. The Balaban J connectivity index is 1.03. The number of pyridine rings is 2. The molecule has 0 unspecified atom stereocenters. The number of aryl methyl sites for hydroxylation is 4. The van der Waals surface area contributed by atoms with E-state index in [2.05, 4.69) is 176 Å². The van der Waals surface area contributed by atoms with Crippen molar-refractivity contribution >= 4 is 27.3 Å². The van der Waals surface area contributed by atoms with Crippen LogP contribution in [0.5, 0.6) is 11.5 Å². The van der Waals surface area contributed by atoms with Crippen LogP contribution in [0.4, 0.5) is 0 Å². The van der Waals surface area contributed by atoms with Crippen LogP contribution in [0.1, 0.15) is 58.8 Å². The van der Waals surface area contributed by atoms with E-state index in [4.69, 9.17) is 9.72 Å². The molecule has 6 heteroatoms. The van der Waals surface area contributed by atoms with Crippen molar-refractivity contribution in [2.24, 2.45) is 0 Å². The van der Waals surface area contributed by atoms with Crippen molar-refractivity contribution in [3.8, 4) is 34.1 Å². The van der Waals surface area contributed by atoms with Gasteiger partial charge in [-0.15, -0.1) is 0 Å². The van der Waals surface area contributed by atoms with E-state index in [9.17, 15) is 0 Å². The number of hydrogen-bond acceptors (Lipinski definition) is 2. The second-order valence-electron chi connectivity index (χ2n) is 15.5. The molecule has 4 aliphatic rings. The summed E-state index contributed by atoms with van der Waals surface area (Å²) < 4.78 is 14.7.